The van der Waals surface area contributed by atoms with Gasteiger partial charge in [-0.3, -0.25) is 9.59 Å². The van der Waals surface area contributed by atoms with E-state index in [1.165, 1.54) is 89.9 Å². The lowest BCUT2D eigenvalue weighted by atomic mass is 9.98. The Hall–Kier alpha value is -1.42. The number of unbranched alkanes of at least 4 members (excludes halogenated alkanes) is 20. The predicted octanol–water partition coefficient (Wildman–Crippen LogP) is 5.11. The molecule has 0 radical (unpaired) electrons. The van der Waals surface area contributed by atoms with Crippen LogP contribution in [0, 0.1) is 0 Å². The fourth-order valence-electron chi connectivity index (χ4n) is 6.83. The predicted molar refractivity (Wildman–Crippen MR) is 199 cm³/mol. The lowest BCUT2D eigenvalue weighted by Crippen LogP contribution is -2.64. The van der Waals surface area contributed by atoms with Gasteiger partial charge in [-0.2, -0.15) is 0 Å². The molecule has 0 aromatic carbocycles. The van der Waals surface area contributed by atoms with Crippen molar-refractivity contribution in [2.24, 2.45) is 0 Å². The minimum atomic E-state index is -1.80. The summed E-state index contributed by atoms with van der Waals surface area (Å²) in [5, 5.41) is 63.1. The third-order valence-corrected chi connectivity index (χ3v) is 10.4. The van der Waals surface area contributed by atoms with Gasteiger partial charge in [-0.25, -0.2) is 0 Å². The van der Waals surface area contributed by atoms with Gasteiger partial charge in [0.15, 0.2) is 12.6 Å². The van der Waals surface area contributed by atoms with Crippen molar-refractivity contribution in [2.45, 2.75) is 229 Å². The van der Waals surface area contributed by atoms with E-state index in [4.69, 9.17) is 23.7 Å². The van der Waals surface area contributed by atoms with Gasteiger partial charge in [-0.05, 0) is 12.8 Å². The molecule has 10 atom stereocenters. The van der Waals surface area contributed by atoms with Crippen LogP contribution in [0.25, 0.3) is 0 Å². The van der Waals surface area contributed by atoms with Crippen LogP contribution >= 0.6 is 0 Å². The monoisotopic (exact) mass is 763 g/mol. The van der Waals surface area contributed by atoms with E-state index < -0.39 is 86.6 Å². The molecule has 0 aromatic rings. The highest BCUT2D eigenvalue weighted by Crippen LogP contribution is 2.29. The Morgan fingerprint density at radius 3 is 1.00 bits per heavy atom. The van der Waals surface area contributed by atoms with Crippen LogP contribution in [-0.2, 0) is 33.3 Å². The normalized spacial score (nSPS) is 28.9. The lowest BCUT2D eigenvalue weighted by molar-refractivity contribution is -0.376. The molecule has 0 aliphatic carbocycles. The summed E-state index contributed by atoms with van der Waals surface area (Å²) in [5.41, 5.74) is 0. The first-order valence-electron chi connectivity index (χ1n) is 21.0. The molecule has 13 heteroatoms. The molecule has 2 rings (SSSR count). The van der Waals surface area contributed by atoms with E-state index in [0.29, 0.717) is 12.8 Å². The van der Waals surface area contributed by atoms with Crippen LogP contribution in [0.5, 0.6) is 0 Å². The zero-order valence-electron chi connectivity index (χ0n) is 32.7. The number of ether oxygens (including phenoxy) is 5. The average Bonchev–Trinajstić information content (AvgIpc) is 3.15. The Balaban J connectivity index is 1.70. The number of esters is 2. The van der Waals surface area contributed by atoms with Crippen molar-refractivity contribution in [1.29, 1.82) is 0 Å². The second-order valence-corrected chi connectivity index (χ2v) is 15.1. The molecule has 0 bridgehead atoms. The van der Waals surface area contributed by atoms with E-state index in [0.717, 1.165) is 38.5 Å². The average molecular weight is 763 g/mol. The second kappa shape index (κ2) is 28.9. The summed E-state index contributed by atoms with van der Waals surface area (Å²) in [6.45, 7) is 3.58. The summed E-state index contributed by atoms with van der Waals surface area (Å²) in [5.74, 6) is -0.974. The van der Waals surface area contributed by atoms with Crippen LogP contribution in [0.3, 0.4) is 0 Å². The molecular weight excluding hydrogens is 688 g/mol. The Labute approximate surface area is 318 Å². The van der Waals surface area contributed by atoms with Crippen LogP contribution < -0.4 is 0 Å². The molecule has 53 heavy (non-hydrogen) atoms. The quantitative estimate of drug-likeness (QED) is 0.0417. The molecule has 312 valence electrons. The fourth-order valence-corrected chi connectivity index (χ4v) is 6.83. The minimum Gasteiger partial charge on any atom is -0.463 e. The Morgan fingerprint density at radius 2 is 0.698 bits per heavy atom. The SMILES string of the molecule is CCCCCCCCCCCCCC(=O)OC[C@H]1O[C@H](O[C@H]2O[C@H](COC(=O)CCCCCCCCCCCCC)[C@@H](O)[C@H](O)[C@H]2O)[C@H](O)[C@@H](O)[C@@H]1O. The van der Waals surface area contributed by atoms with Crippen molar-refractivity contribution in [3.63, 3.8) is 0 Å². The zero-order chi connectivity index (χ0) is 38.8. The van der Waals surface area contributed by atoms with E-state index in [1.807, 2.05) is 0 Å². The maximum atomic E-state index is 12.4. The van der Waals surface area contributed by atoms with Crippen molar-refractivity contribution in [3.05, 3.63) is 0 Å². The number of carbonyl (C=O) groups is 2. The first-order chi connectivity index (χ1) is 25.6. The molecule has 0 saturated carbocycles. The van der Waals surface area contributed by atoms with Gasteiger partial charge < -0.3 is 54.3 Å². The van der Waals surface area contributed by atoms with Crippen molar-refractivity contribution >= 4 is 11.9 Å². The summed E-state index contributed by atoms with van der Waals surface area (Å²) in [6.07, 6.45) is 9.36. The molecular formula is C40H74O13. The first-order valence-corrected chi connectivity index (χ1v) is 21.0. The molecule has 2 fully saturated rings. The van der Waals surface area contributed by atoms with Gasteiger partial charge in [0.05, 0.1) is 0 Å². The molecule has 0 spiro atoms. The van der Waals surface area contributed by atoms with Gasteiger partial charge >= 0.3 is 11.9 Å². The summed E-state index contributed by atoms with van der Waals surface area (Å²) in [7, 11) is 0. The van der Waals surface area contributed by atoms with Gasteiger partial charge in [0.25, 0.3) is 0 Å². The molecule has 0 unspecified atom stereocenters. The minimum absolute atomic E-state index is 0.193. The van der Waals surface area contributed by atoms with Crippen LogP contribution in [0.2, 0.25) is 0 Å². The van der Waals surface area contributed by atoms with Crippen LogP contribution in [-0.4, -0.2) is 117 Å². The number of carbonyl (C=O) groups excluding carboxylic acids is 2. The number of hydrogen-bond donors (Lipinski definition) is 6. The zero-order valence-corrected chi connectivity index (χ0v) is 32.7. The van der Waals surface area contributed by atoms with Crippen molar-refractivity contribution in [2.75, 3.05) is 13.2 Å². The maximum Gasteiger partial charge on any atom is 0.305 e. The molecule has 2 aliphatic rings. The van der Waals surface area contributed by atoms with Crippen LogP contribution in [0.15, 0.2) is 0 Å². The largest absolute Gasteiger partial charge is 0.463 e. The smallest absolute Gasteiger partial charge is 0.305 e. The highest BCUT2D eigenvalue weighted by Gasteiger charge is 2.50. The first kappa shape index (κ1) is 47.7. The summed E-state index contributed by atoms with van der Waals surface area (Å²) in [6, 6.07) is 0. The van der Waals surface area contributed by atoms with Gasteiger partial charge in [-0.1, -0.05) is 142 Å². The van der Waals surface area contributed by atoms with E-state index in [9.17, 15) is 40.2 Å². The lowest BCUT2D eigenvalue weighted by Gasteiger charge is -2.44. The van der Waals surface area contributed by atoms with E-state index in [1.54, 1.807) is 0 Å². The van der Waals surface area contributed by atoms with E-state index in [-0.39, 0.29) is 12.8 Å². The second-order valence-electron chi connectivity index (χ2n) is 15.1. The molecule has 2 saturated heterocycles. The summed E-state index contributed by atoms with van der Waals surface area (Å²) < 4.78 is 27.4. The highest BCUT2D eigenvalue weighted by atomic mass is 16.8. The summed E-state index contributed by atoms with van der Waals surface area (Å²) in [4.78, 5) is 24.7. The standard InChI is InChI=1S/C40H74O13/c1-3-5-7-9-11-13-15-17-19-21-23-25-31(41)49-27-29-33(43)35(45)37(47)39(51-29)53-40-38(48)36(46)34(44)30(52-40)28-50-32(42)26-24-22-20-18-16-14-12-10-8-6-4-2/h29-30,33-40,43-48H,3-28H2,1-2H3/t29-,30-,33-,34-,35+,36+,37-,38-,39-,40-/m1/s1. The number of aliphatic hydroxyl groups is 6. The Morgan fingerprint density at radius 1 is 0.415 bits per heavy atom. The Bertz CT molecular complexity index is 866. The van der Waals surface area contributed by atoms with Crippen molar-refractivity contribution in [1.82, 2.24) is 0 Å². The topological polar surface area (TPSA) is 202 Å². The Kier molecular flexibility index (Phi) is 26.0. The molecule has 0 aromatic heterocycles. The fraction of sp³-hybridized carbons (Fsp3) is 0.950. The van der Waals surface area contributed by atoms with Crippen molar-refractivity contribution in [3.8, 4) is 0 Å². The third kappa shape index (κ3) is 19.3. The molecule has 2 aliphatic heterocycles. The van der Waals surface area contributed by atoms with Gasteiger partial charge in [0.1, 0.15) is 62.0 Å². The van der Waals surface area contributed by atoms with E-state index in [2.05, 4.69) is 13.8 Å². The molecule has 13 nitrogen and oxygen atoms in total. The molecule has 2 heterocycles. The van der Waals surface area contributed by atoms with Gasteiger partial charge in [0.2, 0.25) is 0 Å². The number of aliphatic hydroxyl groups excluding tert-OH is 6. The third-order valence-electron chi connectivity index (χ3n) is 10.4. The van der Waals surface area contributed by atoms with Crippen LogP contribution in [0.1, 0.15) is 168 Å². The maximum absolute atomic E-state index is 12.4. The van der Waals surface area contributed by atoms with Crippen LogP contribution in [0.4, 0.5) is 0 Å². The van der Waals surface area contributed by atoms with Gasteiger partial charge in [-0.15, -0.1) is 0 Å². The molecule has 6 N–H and O–H groups in total. The van der Waals surface area contributed by atoms with E-state index >= 15 is 0 Å². The number of hydrogen-bond acceptors (Lipinski definition) is 13. The van der Waals surface area contributed by atoms with Gasteiger partial charge in [0, 0.05) is 12.8 Å². The molecule has 0 amide bonds. The summed E-state index contributed by atoms with van der Waals surface area (Å²) >= 11 is 0. The highest BCUT2D eigenvalue weighted by molar-refractivity contribution is 5.69. The van der Waals surface area contributed by atoms with Crippen molar-refractivity contribution < 1.29 is 63.9 Å². The number of rotatable bonds is 30.